The molecule has 0 bridgehead atoms. The van der Waals surface area contributed by atoms with Crippen molar-refractivity contribution in [1.29, 1.82) is 0 Å². The summed E-state index contributed by atoms with van der Waals surface area (Å²) < 4.78 is 0. The fraction of sp³-hybridized carbons (Fsp3) is 0.400. The Hall–Kier alpha value is -1.68. The van der Waals surface area contributed by atoms with Crippen molar-refractivity contribution < 1.29 is 5.11 Å². The van der Waals surface area contributed by atoms with E-state index < -0.39 is 0 Å². The van der Waals surface area contributed by atoms with Gasteiger partial charge in [0.2, 0.25) is 0 Å². The molecule has 0 saturated heterocycles. The summed E-state index contributed by atoms with van der Waals surface area (Å²) in [5, 5.41) is 13.2. The van der Waals surface area contributed by atoms with Crippen molar-refractivity contribution in [3.05, 3.63) is 71.8 Å². The molecule has 2 N–H and O–H groups in total. The van der Waals surface area contributed by atoms with Crippen LogP contribution in [-0.2, 0) is 12.8 Å². The topological polar surface area (TPSA) is 35.5 Å². The van der Waals surface area contributed by atoms with Gasteiger partial charge in [-0.15, -0.1) is 0 Å². The molecule has 124 valence electrons. The van der Waals surface area contributed by atoms with Gasteiger partial charge in [0.1, 0.15) is 0 Å². The number of rotatable bonds is 9. The molecule has 0 aliphatic rings. The second-order valence-electron chi connectivity index (χ2n) is 6.14. The summed E-state index contributed by atoms with van der Waals surface area (Å²) >= 11 is 0. The number of hydrogen-bond donors (Lipinski definition) is 2. The number of likely N-dealkylation sites (N-methyl/N-ethyl adjacent to an activating group) is 2. The van der Waals surface area contributed by atoms with Gasteiger partial charge in [-0.2, -0.15) is 0 Å². The molecule has 0 spiro atoms. The van der Waals surface area contributed by atoms with Gasteiger partial charge < -0.3 is 10.4 Å². The fourth-order valence-electron chi connectivity index (χ4n) is 2.90. The summed E-state index contributed by atoms with van der Waals surface area (Å²) in [5.74, 6) is 0. The van der Waals surface area contributed by atoms with Gasteiger partial charge in [0.15, 0.2) is 0 Å². The third-order valence-corrected chi connectivity index (χ3v) is 4.39. The zero-order valence-electron chi connectivity index (χ0n) is 14.2. The molecule has 3 heteroatoms. The monoisotopic (exact) mass is 312 g/mol. The predicted octanol–water partition coefficient (Wildman–Crippen LogP) is 2.35. The molecule has 0 aliphatic carbocycles. The first-order valence-corrected chi connectivity index (χ1v) is 8.29. The average Bonchev–Trinajstić information content (AvgIpc) is 2.60. The van der Waals surface area contributed by atoms with Crippen LogP contribution in [0.3, 0.4) is 0 Å². The normalized spacial score (nSPS) is 13.9. The third kappa shape index (κ3) is 5.79. The highest BCUT2D eigenvalue weighted by molar-refractivity contribution is 5.17. The summed E-state index contributed by atoms with van der Waals surface area (Å²) in [5.41, 5.74) is 2.60. The van der Waals surface area contributed by atoms with Crippen molar-refractivity contribution in [2.24, 2.45) is 0 Å². The Balaban J connectivity index is 1.92. The Morgan fingerprint density at radius 1 is 0.913 bits per heavy atom. The van der Waals surface area contributed by atoms with E-state index in [0.29, 0.717) is 6.04 Å². The van der Waals surface area contributed by atoms with Gasteiger partial charge in [-0.1, -0.05) is 60.7 Å². The van der Waals surface area contributed by atoms with E-state index in [9.17, 15) is 5.11 Å². The van der Waals surface area contributed by atoms with E-state index in [1.165, 1.54) is 11.1 Å². The van der Waals surface area contributed by atoms with Crippen LogP contribution >= 0.6 is 0 Å². The van der Waals surface area contributed by atoms with E-state index >= 15 is 0 Å². The first-order chi connectivity index (χ1) is 11.2. The molecule has 0 aliphatic heterocycles. The van der Waals surface area contributed by atoms with Crippen LogP contribution in [-0.4, -0.2) is 49.3 Å². The van der Waals surface area contributed by atoms with Crippen molar-refractivity contribution in [3.8, 4) is 0 Å². The molecule has 3 nitrogen and oxygen atoms in total. The number of hydrogen-bond acceptors (Lipinski definition) is 3. The van der Waals surface area contributed by atoms with Crippen LogP contribution < -0.4 is 5.32 Å². The van der Waals surface area contributed by atoms with Crippen molar-refractivity contribution >= 4 is 0 Å². The first-order valence-electron chi connectivity index (χ1n) is 8.29. The van der Waals surface area contributed by atoms with Crippen LogP contribution in [0, 0.1) is 0 Å². The molecule has 2 rings (SSSR count). The molecule has 0 heterocycles. The van der Waals surface area contributed by atoms with E-state index in [-0.39, 0.29) is 12.6 Å². The van der Waals surface area contributed by atoms with Crippen LogP contribution in [0.5, 0.6) is 0 Å². The number of aliphatic hydroxyl groups is 1. The SMILES string of the molecule is CN[C@@H](Cc1ccccc1)CN(C)[C@H](CO)Cc1ccccc1. The van der Waals surface area contributed by atoms with Gasteiger partial charge in [-0.05, 0) is 38.1 Å². The second kappa shape index (κ2) is 9.46. The molecule has 0 fully saturated rings. The number of aliphatic hydroxyl groups excluding tert-OH is 1. The number of nitrogens with one attached hydrogen (secondary N) is 1. The van der Waals surface area contributed by atoms with Gasteiger partial charge in [-0.25, -0.2) is 0 Å². The first kappa shape index (κ1) is 17.7. The largest absolute Gasteiger partial charge is 0.395 e. The molecule has 0 radical (unpaired) electrons. The predicted molar refractivity (Wildman–Crippen MR) is 96.6 cm³/mol. The lowest BCUT2D eigenvalue weighted by Crippen LogP contribution is -2.45. The summed E-state index contributed by atoms with van der Waals surface area (Å²) in [7, 11) is 4.10. The van der Waals surface area contributed by atoms with E-state index in [2.05, 4.69) is 65.8 Å². The van der Waals surface area contributed by atoms with E-state index in [1.54, 1.807) is 0 Å². The maximum atomic E-state index is 9.77. The average molecular weight is 312 g/mol. The number of benzene rings is 2. The van der Waals surface area contributed by atoms with Crippen molar-refractivity contribution in [2.45, 2.75) is 24.9 Å². The van der Waals surface area contributed by atoms with Crippen LogP contribution in [0.4, 0.5) is 0 Å². The van der Waals surface area contributed by atoms with Gasteiger partial charge in [0, 0.05) is 18.6 Å². The van der Waals surface area contributed by atoms with E-state index in [4.69, 9.17) is 0 Å². The van der Waals surface area contributed by atoms with Crippen LogP contribution in [0.15, 0.2) is 60.7 Å². The Labute approximate surface area is 140 Å². The zero-order valence-corrected chi connectivity index (χ0v) is 14.2. The second-order valence-corrected chi connectivity index (χ2v) is 6.14. The van der Waals surface area contributed by atoms with Crippen molar-refractivity contribution in [3.63, 3.8) is 0 Å². The van der Waals surface area contributed by atoms with Crippen molar-refractivity contribution in [2.75, 3.05) is 27.2 Å². The fourth-order valence-corrected chi connectivity index (χ4v) is 2.90. The highest BCUT2D eigenvalue weighted by Gasteiger charge is 2.18. The maximum absolute atomic E-state index is 9.77. The molecule has 0 saturated carbocycles. The van der Waals surface area contributed by atoms with E-state index in [1.807, 2.05) is 19.2 Å². The van der Waals surface area contributed by atoms with Crippen LogP contribution in [0.2, 0.25) is 0 Å². The lowest BCUT2D eigenvalue weighted by atomic mass is 10.0. The Morgan fingerprint density at radius 3 is 1.91 bits per heavy atom. The van der Waals surface area contributed by atoms with E-state index in [0.717, 1.165) is 19.4 Å². The van der Waals surface area contributed by atoms with Gasteiger partial charge in [0.05, 0.1) is 6.61 Å². The van der Waals surface area contributed by atoms with Crippen LogP contribution in [0.1, 0.15) is 11.1 Å². The highest BCUT2D eigenvalue weighted by atomic mass is 16.3. The van der Waals surface area contributed by atoms with Crippen molar-refractivity contribution in [1.82, 2.24) is 10.2 Å². The molecule has 0 amide bonds. The molecule has 2 atom stereocenters. The lowest BCUT2D eigenvalue weighted by molar-refractivity contribution is 0.137. The highest BCUT2D eigenvalue weighted by Crippen LogP contribution is 2.10. The Bertz CT molecular complexity index is 544. The summed E-state index contributed by atoms with van der Waals surface area (Å²) in [4.78, 5) is 2.26. The smallest absolute Gasteiger partial charge is 0.0590 e. The molecule has 0 unspecified atom stereocenters. The minimum atomic E-state index is 0.143. The summed E-state index contributed by atoms with van der Waals surface area (Å²) in [6.45, 7) is 1.08. The van der Waals surface area contributed by atoms with Gasteiger partial charge in [0.25, 0.3) is 0 Å². The minimum absolute atomic E-state index is 0.143. The summed E-state index contributed by atoms with van der Waals surface area (Å²) in [6, 6.07) is 21.4. The van der Waals surface area contributed by atoms with Gasteiger partial charge in [-0.3, -0.25) is 4.90 Å². The minimum Gasteiger partial charge on any atom is -0.395 e. The molecule has 2 aromatic rings. The maximum Gasteiger partial charge on any atom is 0.0590 e. The lowest BCUT2D eigenvalue weighted by Gasteiger charge is -2.30. The molecular weight excluding hydrogens is 284 g/mol. The Morgan fingerprint density at radius 2 is 1.43 bits per heavy atom. The molecule has 2 aromatic carbocycles. The molecule has 0 aromatic heterocycles. The Kier molecular flexibility index (Phi) is 7.27. The summed E-state index contributed by atoms with van der Waals surface area (Å²) in [6.07, 6.45) is 1.86. The van der Waals surface area contributed by atoms with Crippen LogP contribution in [0.25, 0.3) is 0 Å². The number of nitrogens with zero attached hydrogens (tertiary/aromatic N) is 1. The standard InChI is InChI=1S/C20H28N2O/c1-21-19(13-17-9-5-3-6-10-17)15-22(2)20(16-23)14-18-11-7-4-8-12-18/h3-12,19-21,23H,13-16H2,1-2H3/t19-,20-/m0/s1. The quantitative estimate of drug-likeness (QED) is 0.746. The zero-order chi connectivity index (χ0) is 16.5. The molecule has 23 heavy (non-hydrogen) atoms. The van der Waals surface area contributed by atoms with Gasteiger partial charge >= 0.3 is 0 Å². The third-order valence-electron chi connectivity index (χ3n) is 4.39. The molecular formula is C20H28N2O.